The van der Waals surface area contributed by atoms with Crippen LogP contribution in [0.25, 0.3) is 11.1 Å². The first kappa shape index (κ1) is 33.3. The van der Waals surface area contributed by atoms with Crippen molar-refractivity contribution < 1.29 is 0 Å². The Bertz CT molecular complexity index is 2070. The van der Waals surface area contributed by atoms with Gasteiger partial charge in [0, 0.05) is 22.0 Å². The van der Waals surface area contributed by atoms with Crippen molar-refractivity contribution >= 4 is 57.5 Å². The van der Waals surface area contributed by atoms with Crippen molar-refractivity contribution in [2.75, 3.05) is 4.90 Å². The summed E-state index contributed by atoms with van der Waals surface area (Å²) in [7, 11) is -2.67. The second-order valence-electron chi connectivity index (χ2n) is 14.1. The third-order valence-corrected chi connectivity index (χ3v) is 14.7. The molecule has 7 rings (SSSR count). The Morgan fingerprint density at radius 3 is 1.44 bits per heavy atom. The average molecular weight is 684 g/mol. The van der Waals surface area contributed by atoms with Crippen LogP contribution in [0.15, 0.2) is 182 Å². The van der Waals surface area contributed by atoms with Gasteiger partial charge < -0.3 is 4.90 Å². The van der Waals surface area contributed by atoms with Gasteiger partial charge in [0.1, 0.15) is 0 Å². The minimum absolute atomic E-state index is 0.00144. The van der Waals surface area contributed by atoms with E-state index in [9.17, 15) is 0 Å². The molecule has 0 aliphatic heterocycles. The maximum absolute atomic E-state index is 6.78. The number of halogens is 1. The van der Waals surface area contributed by atoms with Crippen molar-refractivity contribution in [1.82, 2.24) is 0 Å². The molecule has 0 bridgehead atoms. The highest BCUT2D eigenvalue weighted by molar-refractivity contribution is 7.19. The number of benzene rings is 7. The van der Waals surface area contributed by atoms with Gasteiger partial charge in [0.2, 0.25) is 0 Å². The molecule has 7 aromatic carbocycles. The molecule has 0 spiro atoms. The van der Waals surface area contributed by atoms with E-state index in [1.165, 1.54) is 37.4 Å². The Kier molecular flexibility index (Phi) is 9.33. The first-order valence-corrected chi connectivity index (χ1v) is 19.7. The first-order chi connectivity index (χ1) is 24.2. The second kappa shape index (κ2) is 14.0. The van der Waals surface area contributed by atoms with Crippen molar-refractivity contribution in [3.8, 4) is 11.1 Å². The molecule has 0 amide bonds. The monoisotopic (exact) mass is 683 g/mol. The van der Waals surface area contributed by atoms with Gasteiger partial charge in [-0.25, -0.2) is 0 Å². The molecule has 246 valence electrons. The van der Waals surface area contributed by atoms with Gasteiger partial charge in [-0.05, 0) is 92.2 Å². The molecule has 0 saturated heterocycles. The first-order valence-electron chi connectivity index (χ1n) is 17.3. The zero-order chi connectivity index (χ0) is 34.7. The van der Waals surface area contributed by atoms with Crippen molar-refractivity contribution in [2.24, 2.45) is 0 Å². The summed E-state index contributed by atoms with van der Waals surface area (Å²) < 4.78 is 0. The van der Waals surface area contributed by atoms with Crippen LogP contribution in [0.3, 0.4) is 0 Å². The van der Waals surface area contributed by atoms with Crippen LogP contribution in [-0.2, 0) is 5.41 Å². The molecular weight excluding hydrogens is 642 g/mol. The van der Waals surface area contributed by atoms with Crippen LogP contribution in [0.5, 0.6) is 0 Å². The quantitative estimate of drug-likeness (QED) is 0.114. The Morgan fingerprint density at radius 2 is 0.960 bits per heavy atom. The van der Waals surface area contributed by atoms with Gasteiger partial charge in [-0.2, -0.15) is 0 Å². The molecule has 0 aliphatic rings. The van der Waals surface area contributed by atoms with Crippen molar-refractivity contribution in [3.05, 3.63) is 198 Å². The third-order valence-electron chi connectivity index (χ3n) is 9.65. The molecule has 50 heavy (non-hydrogen) atoms. The Morgan fingerprint density at radius 1 is 0.480 bits per heavy atom. The van der Waals surface area contributed by atoms with Crippen LogP contribution in [0.1, 0.15) is 31.9 Å². The molecule has 0 aromatic heterocycles. The number of hydrogen-bond donors (Lipinski definition) is 0. The molecule has 7 aromatic rings. The molecule has 0 fully saturated rings. The van der Waals surface area contributed by atoms with Crippen LogP contribution in [-0.4, -0.2) is 8.07 Å². The molecule has 0 saturated carbocycles. The number of nitrogens with zero attached hydrogens (tertiary/aromatic N) is 1. The van der Waals surface area contributed by atoms with Crippen LogP contribution in [0, 0.1) is 6.92 Å². The van der Waals surface area contributed by atoms with Crippen LogP contribution < -0.4 is 25.6 Å². The van der Waals surface area contributed by atoms with Crippen LogP contribution in [0.2, 0.25) is 5.02 Å². The SMILES string of the molecule is Cc1cc(Cl)cc(N(c2ccc([Si](c3ccccc3)(c3ccccc3)c3ccccc3)cc2)c2ccc(C(C)(C)C)cc2-c2ccccc2)c1. The highest BCUT2D eigenvalue weighted by Gasteiger charge is 2.41. The van der Waals surface area contributed by atoms with Crippen LogP contribution >= 0.6 is 11.6 Å². The zero-order valence-corrected chi connectivity index (χ0v) is 30.9. The Balaban J connectivity index is 1.48. The predicted molar refractivity (Wildman–Crippen MR) is 219 cm³/mol. The van der Waals surface area contributed by atoms with Gasteiger partial charge in [-0.3, -0.25) is 0 Å². The van der Waals surface area contributed by atoms with E-state index < -0.39 is 8.07 Å². The molecule has 0 radical (unpaired) electrons. The molecule has 0 N–H and O–H groups in total. The maximum atomic E-state index is 6.78. The lowest BCUT2D eigenvalue weighted by Gasteiger charge is -2.35. The van der Waals surface area contributed by atoms with Gasteiger partial charge >= 0.3 is 0 Å². The summed E-state index contributed by atoms with van der Waals surface area (Å²) in [6.45, 7) is 8.93. The van der Waals surface area contributed by atoms with Gasteiger partial charge in [0.15, 0.2) is 8.07 Å². The topological polar surface area (TPSA) is 3.24 Å². The molecule has 0 aliphatic carbocycles. The smallest absolute Gasteiger partial charge is 0.179 e. The van der Waals surface area contributed by atoms with E-state index in [4.69, 9.17) is 11.6 Å². The van der Waals surface area contributed by atoms with E-state index in [0.29, 0.717) is 0 Å². The fourth-order valence-corrected chi connectivity index (χ4v) is 12.3. The van der Waals surface area contributed by atoms with Crippen molar-refractivity contribution in [2.45, 2.75) is 33.1 Å². The number of hydrogen-bond acceptors (Lipinski definition) is 1. The maximum Gasteiger partial charge on any atom is 0.179 e. The molecule has 1 nitrogen and oxygen atoms in total. The number of anilines is 3. The fourth-order valence-electron chi connectivity index (χ4n) is 7.24. The molecule has 0 atom stereocenters. The van der Waals surface area contributed by atoms with Crippen molar-refractivity contribution in [1.29, 1.82) is 0 Å². The summed E-state index contributed by atoms with van der Waals surface area (Å²) in [5.41, 5.74) is 7.98. The lowest BCUT2D eigenvalue weighted by Crippen LogP contribution is -2.74. The van der Waals surface area contributed by atoms with Crippen LogP contribution in [0.4, 0.5) is 17.1 Å². The molecule has 0 unspecified atom stereocenters. The highest BCUT2D eigenvalue weighted by atomic mass is 35.5. The fraction of sp³-hybridized carbons (Fsp3) is 0.106. The lowest BCUT2D eigenvalue weighted by molar-refractivity contribution is 0.590. The standard InChI is InChI=1S/C47H42ClNSi/c1-35-31-38(48)34-40(32-35)49(46-30-25-37(47(2,3)4)33-45(46)36-17-9-5-10-18-36)39-26-28-44(29-27-39)50(41-19-11-6-12-20-41,42-21-13-7-14-22-42)43-23-15-8-16-24-43/h5-34H,1-4H3. The summed E-state index contributed by atoms with van der Waals surface area (Å²) >= 11 is 6.78. The zero-order valence-electron chi connectivity index (χ0n) is 29.1. The van der Waals surface area contributed by atoms with E-state index in [1.807, 2.05) is 6.07 Å². The largest absolute Gasteiger partial charge is 0.310 e. The summed E-state index contributed by atoms with van der Waals surface area (Å²) in [6, 6.07) is 66.5. The van der Waals surface area contributed by atoms with Gasteiger partial charge in [-0.1, -0.05) is 172 Å². The molecular formula is C47H42ClNSi. The van der Waals surface area contributed by atoms with Crippen molar-refractivity contribution in [3.63, 3.8) is 0 Å². The highest BCUT2D eigenvalue weighted by Crippen LogP contribution is 2.43. The summed E-state index contributed by atoms with van der Waals surface area (Å²) in [5.74, 6) is 0. The summed E-state index contributed by atoms with van der Waals surface area (Å²) in [4.78, 5) is 2.37. The van der Waals surface area contributed by atoms with Gasteiger partial charge in [-0.15, -0.1) is 0 Å². The van der Waals surface area contributed by atoms with E-state index in [1.54, 1.807) is 0 Å². The van der Waals surface area contributed by atoms with Gasteiger partial charge in [0.25, 0.3) is 0 Å². The third kappa shape index (κ3) is 6.45. The van der Waals surface area contributed by atoms with Gasteiger partial charge in [0.05, 0.1) is 5.69 Å². The summed E-state index contributed by atoms with van der Waals surface area (Å²) in [6.07, 6.45) is 0. The van der Waals surface area contributed by atoms with E-state index in [-0.39, 0.29) is 5.41 Å². The second-order valence-corrected chi connectivity index (χ2v) is 18.3. The molecule has 3 heteroatoms. The van der Waals surface area contributed by atoms with E-state index >= 15 is 0 Å². The van der Waals surface area contributed by atoms with E-state index in [2.05, 4.69) is 209 Å². The van der Waals surface area contributed by atoms with E-state index in [0.717, 1.165) is 27.6 Å². The Hall–Kier alpha value is -5.15. The summed E-state index contributed by atoms with van der Waals surface area (Å²) in [5, 5.41) is 6.13. The number of aryl methyl sites for hydroxylation is 1. The number of rotatable bonds is 8. The normalized spacial score (nSPS) is 11.7. The average Bonchev–Trinajstić information content (AvgIpc) is 3.14. The Labute approximate surface area is 303 Å². The predicted octanol–water partition coefficient (Wildman–Crippen LogP) is 10.5. The minimum atomic E-state index is -2.67. The lowest BCUT2D eigenvalue weighted by atomic mass is 9.84. The molecule has 0 heterocycles. The minimum Gasteiger partial charge on any atom is -0.310 e.